The second-order valence-electron chi connectivity index (χ2n) is 12.8. The van der Waals surface area contributed by atoms with Gasteiger partial charge in [0.05, 0.1) is 5.69 Å². The van der Waals surface area contributed by atoms with Crippen molar-refractivity contribution in [1.29, 1.82) is 0 Å². The van der Waals surface area contributed by atoms with Gasteiger partial charge in [0.15, 0.2) is 0 Å². The van der Waals surface area contributed by atoms with E-state index in [1.165, 1.54) is 29.5 Å². The number of benzene rings is 6. The van der Waals surface area contributed by atoms with E-state index in [1.807, 2.05) is 88.1 Å². The van der Waals surface area contributed by atoms with Gasteiger partial charge in [-0.3, -0.25) is 4.68 Å². The predicted octanol–water partition coefficient (Wildman–Crippen LogP) is 11.5. The van der Waals surface area contributed by atoms with Crippen molar-refractivity contribution in [3.63, 3.8) is 0 Å². The molecule has 0 saturated heterocycles. The van der Waals surface area contributed by atoms with E-state index in [9.17, 15) is 4.39 Å². The summed E-state index contributed by atoms with van der Waals surface area (Å²) in [7, 11) is 0. The summed E-state index contributed by atoms with van der Waals surface area (Å²) in [5.74, 6) is 1.10. The number of pyridine rings is 1. The molecule has 258 valence electrons. The monoisotopic (exact) mass is 780 g/mol. The van der Waals surface area contributed by atoms with E-state index in [0.29, 0.717) is 17.3 Å². The van der Waals surface area contributed by atoms with Gasteiger partial charge in [0.1, 0.15) is 17.3 Å². The molecule has 3 aromatic heterocycles. The van der Waals surface area contributed by atoms with Gasteiger partial charge in [-0.25, -0.2) is 9.37 Å². The molecule has 3 heterocycles. The zero-order chi connectivity index (χ0) is 35.2. The van der Waals surface area contributed by atoms with Crippen LogP contribution in [0, 0.1) is 31.8 Å². The van der Waals surface area contributed by atoms with Crippen LogP contribution >= 0.6 is 0 Å². The molecule has 0 aliphatic heterocycles. The van der Waals surface area contributed by atoms with Crippen LogP contribution in [0.3, 0.4) is 0 Å². The fourth-order valence-electron chi connectivity index (χ4n) is 7.12. The van der Waals surface area contributed by atoms with Crippen LogP contribution in [0.15, 0.2) is 152 Å². The molecule has 0 aliphatic rings. The second kappa shape index (κ2) is 14.1. The summed E-state index contributed by atoms with van der Waals surface area (Å²) in [6.45, 7) is 4.31. The van der Waals surface area contributed by atoms with E-state index in [-0.39, 0.29) is 26.2 Å². The number of fused-ring (bicyclic) bond motifs is 3. The molecule has 0 saturated carbocycles. The Bertz CT molecular complexity index is 2740. The maximum absolute atomic E-state index is 14.4. The van der Waals surface area contributed by atoms with Gasteiger partial charge in [-0.05, 0) is 53.7 Å². The topological polar surface area (TPSA) is 44.9 Å². The van der Waals surface area contributed by atoms with E-state index in [0.717, 1.165) is 61.1 Å². The Kier molecular flexibility index (Phi) is 9.06. The quantitative estimate of drug-likeness (QED) is 0.120. The van der Waals surface area contributed by atoms with Gasteiger partial charge in [-0.1, -0.05) is 103 Å². The summed E-state index contributed by atoms with van der Waals surface area (Å²) in [4.78, 5) is 4.48. The van der Waals surface area contributed by atoms with E-state index < -0.39 is 0 Å². The third-order valence-electron chi connectivity index (χ3n) is 9.41. The molecule has 0 fully saturated rings. The van der Waals surface area contributed by atoms with Gasteiger partial charge < -0.3 is 9.30 Å². The fourth-order valence-corrected chi connectivity index (χ4v) is 7.12. The molecule has 9 rings (SSSR count). The number of ether oxygens (including phenoxy) is 1. The number of hydrogen-bond donors (Lipinski definition) is 0. The number of aromatic nitrogens is 4. The zero-order valence-electron chi connectivity index (χ0n) is 28.8. The molecule has 53 heavy (non-hydrogen) atoms. The van der Waals surface area contributed by atoms with Crippen molar-refractivity contribution in [1.82, 2.24) is 19.3 Å². The van der Waals surface area contributed by atoms with Crippen molar-refractivity contribution in [2.24, 2.45) is 0 Å². The maximum Gasteiger partial charge on any atom is 2.00 e. The molecule has 9 aromatic rings. The fraction of sp³-hybridized carbons (Fsp3) is 0.0435. The van der Waals surface area contributed by atoms with Crippen molar-refractivity contribution in [3.05, 3.63) is 181 Å². The smallest absolute Gasteiger partial charge is 0.509 e. The first-order chi connectivity index (χ1) is 25.5. The first-order valence-electron chi connectivity index (χ1n) is 17.1. The van der Waals surface area contributed by atoms with Crippen LogP contribution in [0.1, 0.15) is 11.1 Å². The summed E-state index contributed by atoms with van der Waals surface area (Å²) < 4.78 is 24.8. The third-order valence-corrected chi connectivity index (χ3v) is 9.41. The van der Waals surface area contributed by atoms with Crippen LogP contribution in [0.2, 0.25) is 0 Å². The van der Waals surface area contributed by atoms with Crippen molar-refractivity contribution < 1.29 is 29.6 Å². The van der Waals surface area contributed by atoms with Gasteiger partial charge >= 0.3 is 20.4 Å². The van der Waals surface area contributed by atoms with Gasteiger partial charge in [-0.15, -0.1) is 35.7 Å². The molecule has 0 spiro atoms. The summed E-state index contributed by atoms with van der Waals surface area (Å²) in [5.41, 5.74) is 10.8. The molecule has 0 radical (unpaired) electrons. The Hall–Kier alpha value is -6.13. The second-order valence-corrected chi connectivity index (χ2v) is 12.8. The molecule has 0 atom stereocenters. The van der Waals surface area contributed by atoms with E-state index in [2.05, 4.69) is 85.6 Å². The van der Waals surface area contributed by atoms with Crippen molar-refractivity contribution in [3.8, 4) is 56.6 Å². The molecule has 0 bridgehead atoms. The maximum atomic E-state index is 14.4. The minimum Gasteiger partial charge on any atom is -0.509 e. The molecule has 0 N–H and O–H groups in total. The Labute approximate surface area is 320 Å². The molecular weight excluding hydrogens is 750 g/mol. The van der Waals surface area contributed by atoms with Crippen LogP contribution in [0.25, 0.3) is 67.0 Å². The summed E-state index contributed by atoms with van der Waals surface area (Å²) in [6.07, 6.45) is 1.47. The van der Waals surface area contributed by atoms with Crippen LogP contribution in [-0.4, -0.2) is 19.3 Å². The van der Waals surface area contributed by atoms with Crippen LogP contribution in [-0.2, 0) is 20.4 Å². The number of rotatable bonds is 7. The molecule has 0 amide bonds. The van der Waals surface area contributed by atoms with E-state index in [1.54, 1.807) is 0 Å². The minimum atomic E-state index is -0.362. The Balaban J connectivity index is 0.00000400. The summed E-state index contributed by atoms with van der Waals surface area (Å²) >= 11 is 0. The van der Waals surface area contributed by atoms with E-state index >= 15 is 0 Å². The SMILES string of the molecule is Cc1cccc(C)c1-c1c(-c2ccccc2)nn(-c2[c-]c(Oc3[c-]c4c(cc3)c3ccccc3n4-c3cc(F)ccn3)ccc2)c1-c1ccccc1.[Pd+2]. The predicted molar refractivity (Wildman–Crippen MR) is 206 cm³/mol. The molecule has 0 unspecified atom stereocenters. The normalized spacial score (nSPS) is 11.2. The molecule has 7 heteroatoms. The van der Waals surface area contributed by atoms with Gasteiger partial charge in [-0.2, -0.15) is 17.2 Å². The van der Waals surface area contributed by atoms with Crippen LogP contribution in [0.4, 0.5) is 4.39 Å². The van der Waals surface area contributed by atoms with Crippen LogP contribution in [0.5, 0.6) is 11.5 Å². The first kappa shape index (κ1) is 34.0. The standard InChI is InChI=1S/C46H31FN4O.Pd/c1-30-13-11-14-31(2)43(30)44-45(32-15-5-3-6-16-32)49-51(46(44)33-17-7-4-8-18-33)35-19-12-20-36(28-35)52-37-23-24-39-38-21-9-10-22-40(38)50(41(39)29-37)42-27-34(47)25-26-48-42;/h3-27H,1-2H3;/q-2;+2. The Morgan fingerprint density at radius 1 is 0.623 bits per heavy atom. The minimum absolute atomic E-state index is 0. The van der Waals surface area contributed by atoms with Crippen molar-refractivity contribution >= 4 is 21.8 Å². The number of nitrogens with zero attached hydrogens (tertiary/aromatic N) is 4. The average Bonchev–Trinajstić information content (AvgIpc) is 3.72. The summed E-state index contributed by atoms with van der Waals surface area (Å²) in [5, 5.41) is 7.31. The Morgan fingerprint density at radius 2 is 1.30 bits per heavy atom. The Morgan fingerprint density at radius 3 is 2.06 bits per heavy atom. The third kappa shape index (κ3) is 6.14. The molecule has 5 nitrogen and oxygen atoms in total. The molecule has 6 aromatic carbocycles. The summed E-state index contributed by atoms with van der Waals surface area (Å²) in [6, 6.07) is 54.5. The number of aryl methyl sites for hydroxylation is 2. The van der Waals surface area contributed by atoms with Gasteiger partial charge in [0.2, 0.25) is 0 Å². The van der Waals surface area contributed by atoms with Crippen molar-refractivity contribution in [2.75, 3.05) is 0 Å². The molecular formula is C46H31FN4OPd. The molecule has 0 aliphatic carbocycles. The van der Waals surface area contributed by atoms with Gasteiger partial charge in [0, 0.05) is 46.0 Å². The average molecular weight is 781 g/mol. The number of para-hydroxylation sites is 1. The first-order valence-corrected chi connectivity index (χ1v) is 17.1. The number of hydrogen-bond acceptors (Lipinski definition) is 3. The largest absolute Gasteiger partial charge is 2.00 e. The number of halogens is 1. The van der Waals surface area contributed by atoms with Crippen LogP contribution < -0.4 is 4.74 Å². The van der Waals surface area contributed by atoms with E-state index in [4.69, 9.17) is 9.84 Å². The van der Waals surface area contributed by atoms with Gasteiger partial charge in [0.25, 0.3) is 0 Å². The van der Waals surface area contributed by atoms with Crippen molar-refractivity contribution in [2.45, 2.75) is 13.8 Å². The zero-order valence-corrected chi connectivity index (χ0v) is 30.4.